The van der Waals surface area contributed by atoms with Crippen molar-refractivity contribution >= 4 is 5.69 Å². The minimum atomic E-state index is -0.330. The molecule has 1 aromatic heterocycles. The first-order valence-corrected chi connectivity index (χ1v) is 7.20. The van der Waals surface area contributed by atoms with Crippen LogP contribution >= 0.6 is 0 Å². The molecule has 0 aliphatic carbocycles. The molecule has 0 radical (unpaired) electrons. The number of aryl methyl sites for hydroxylation is 1. The normalized spacial score (nSPS) is 10.8. The summed E-state index contributed by atoms with van der Waals surface area (Å²) in [6.45, 7) is 6.38. The maximum absolute atomic E-state index is 10.9. The quantitative estimate of drug-likeness (QED) is 0.627. The van der Waals surface area contributed by atoms with Crippen LogP contribution in [0.2, 0.25) is 0 Å². The van der Waals surface area contributed by atoms with E-state index in [1.165, 1.54) is 5.56 Å². The van der Waals surface area contributed by atoms with Crippen LogP contribution in [0, 0.1) is 17.0 Å². The van der Waals surface area contributed by atoms with Crippen molar-refractivity contribution in [3.8, 4) is 0 Å². The first kappa shape index (κ1) is 15.3. The molecule has 0 amide bonds. The zero-order valence-electron chi connectivity index (χ0n) is 12.5. The highest BCUT2D eigenvalue weighted by atomic mass is 16.6. The zero-order chi connectivity index (χ0) is 15.2. The summed E-state index contributed by atoms with van der Waals surface area (Å²) in [4.78, 5) is 10.6. The second-order valence-corrected chi connectivity index (χ2v) is 5.18. The fourth-order valence-corrected chi connectivity index (χ4v) is 2.39. The first-order valence-electron chi connectivity index (χ1n) is 7.20. The van der Waals surface area contributed by atoms with Gasteiger partial charge >= 0.3 is 0 Å². The lowest BCUT2D eigenvalue weighted by Gasteiger charge is -2.07. The lowest BCUT2D eigenvalue weighted by molar-refractivity contribution is -0.385. The Balaban J connectivity index is 1.94. The lowest BCUT2D eigenvalue weighted by atomic mass is 10.1. The van der Waals surface area contributed by atoms with E-state index in [-0.39, 0.29) is 10.6 Å². The molecule has 0 saturated heterocycles. The minimum Gasteiger partial charge on any atom is -0.354 e. The lowest BCUT2D eigenvalue weighted by Crippen LogP contribution is -2.13. The van der Waals surface area contributed by atoms with Gasteiger partial charge in [0.1, 0.15) is 0 Å². The van der Waals surface area contributed by atoms with Crippen molar-refractivity contribution in [1.82, 2.24) is 9.88 Å². The number of benzene rings is 1. The number of hydrogen-bond acceptors (Lipinski definition) is 3. The van der Waals surface area contributed by atoms with Gasteiger partial charge in [0.15, 0.2) is 0 Å². The molecule has 0 bridgehead atoms. The van der Waals surface area contributed by atoms with E-state index < -0.39 is 0 Å². The Labute approximate surface area is 124 Å². The Hall–Kier alpha value is -2.14. The van der Waals surface area contributed by atoms with Crippen molar-refractivity contribution in [3.63, 3.8) is 0 Å². The number of nitrogens with zero attached hydrogens (tertiary/aromatic N) is 2. The Morgan fingerprint density at radius 2 is 2.10 bits per heavy atom. The van der Waals surface area contributed by atoms with Gasteiger partial charge in [0.2, 0.25) is 0 Å². The number of hydrogen-bond donors (Lipinski definition) is 1. The third kappa shape index (κ3) is 3.92. The topological polar surface area (TPSA) is 60.1 Å². The molecular formula is C16H21N3O2. The van der Waals surface area contributed by atoms with E-state index in [4.69, 9.17) is 0 Å². The predicted octanol–water partition coefficient (Wildman–Crippen LogP) is 3.40. The highest BCUT2D eigenvalue weighted by molar-refractivity contribution is 5.44. The molecule has 1 heterocycles. The number of nitrogens with one attached hydrogen (secondary N) is 1. The molecule has 0 aliphatic heterocycles. The number of rotatable bonds is 7. The van der Waals surface area contributed by atoms with E-state index in [0.29, 0.717) is 6.54 Å². The molecule has 2 aromatic rings. The van der Waals surface area contributed by atoms with E-state index in [9.17, 15) is 10.1 Å². The third-order valence-electron chi connectivity index (χ3n) is 3.55. The second-order valence-electron chi connectivity index (χ2n) is 5.18. The number of aromatic nitrogens is 1. The molecule has 0 fully saturated rings. The monoisotopic (exact) mass is 287 g/mol. The van der Waals surface area contributed by atoms with Crippen molar-refractivity contribution in [2.75, 3.05) is 0 Å². The minimum absolute atomic E-state index is 0.184. The van der Waals surface area contributed by atoms with Gasteiger partial charge in [0.05, 0.1) is 4.92 Å². The van der Waals surface area contributed by atoms with Gasteiger partial charge in [-0.05, 0) is 30.5 Å². The predicted molar refractivity (Wildman–Crippen MR) is 83.1 cm³/mol. The van der Waals surface area contributed by atoms with Gasteiger partial charge in [-0.15, -0.1) is 0 Å². The van der Waals surface area contributed by atoms with Crippen LogP contribution in [-0.4, -0.2) is 9.49 Å². The van der Waals surface area contributed by atoms with Crippen molar-refractivity contribution in [1.29, 1.82) is 0 Å². The van der Waals surface area contributed by atoms with E-state index >= 15 is 0 Å². The van der Waals surface area contributed by atoms with Crippen LogP contribution < -0.4 is 5.32 Å². The third-order valence-corrected chi connectivity index (χ3v) is 3.55. The largest absolute Gasteiger partial charge is 0.354 e. The van der Waals surface area contributed by atoms with Gasteiger partial charge in [-0.1, -0.05) is 19.1 Å². The maximum atomic E-state index is 10.9. The van der Waals surface area contributed by atoms with Crippen molar-refractivity contribution < 1.29 is 4.92 Å². The van der Waals surface area contributed by atoms with Gasteiger partial charge in [-0.2, -0.15) is 0 Å². The molecule has 2 rings (SSSR count). The summed E-state index contributed by atoms with van der Waals surface area (Å²) in [5.74, 6) is 0. The highest BCUT2D eigenvalue weighted by Gasteiger charge is 2.12. The van der Waals surface area contributed by atoms with Crippen LogP contribution in [0.1, 0.15) is 30.0 Å². The van der Waals surface area contributed by atoms with Crippen LogP contribution in [0.4, 0.5) is 5.69 Å². The zero-order valence-corrected chi connectivity index (χ0v) is 12.5. The van der Waals surface area contributed by atoms with Gasteiger partial charge in [0.25, 0.3) is 5.69 Å². The van der Waals surface area contributed by atoms with Gasteiger partial charge in [0, 0.05) is 43.7 Å². The molecule has 1 aromatic carbocycles. The van der Waals surface area contributed by atoms with Crippen LogP contribution in [-0.2, 0) is 19.6 Å². The molecule has 5 heteroatoms. The molecule has 1 N–H and O–H groups in total. The molecule has 0 aliphatic rings. The van der Waals surface area contributed by atoms with Crippen LogP contribution in [0.5, 0.6) is 0 Å². The molecular weight excluding hydrogens is 266 g/mol. The highest BCUT2D eigenvalue weighted by Crippen LogP contribution is 2.20. The SMILES string of the molecule is CCCn1ccc(CNCc2cccc([N+](=O)[O-])c2C)c1. The van der Waals surface area contributed by atoms with Crippen molar-refractivity contribution in [2.45, 2.75) is 39.9 Å². The summed E-state index contributed by atoms with van der Waals surface area (Å²) in [5, 5.41) is 14.3. The Morgan fingerprint density at radius 1 is 1.29 bits per heavy atom. The summed E-state index contributed by atoms with van der Waals surface area (Å²) in [6, 6.07) is 7.31. The van der Waals surface area contributed by atoms with Crippen LogP contribution in [0.3, 0.4) is 0 Å². The van der Waals surface area contributed by atoms with Gasteiger partial charge in [-0.3, -0.25) is 10.1 Å². The fraction of sp³-hybridized carbons (Fsp3) is 0.375. The average molecular weight is 287 g/mol. The molecule has 0 saturated carbocycles. The van der Waals surface area contributed by atoms with Crippen molar-refractivity contribution in [3.05, 3.63) is 63.5 Å². The van der Waals surface area contributed by atoms with E-state index in [1.54, 1.807) is 19.1 Å². The van der Waals surface area contributed by atoms with Gasteiger partial charge in [-0.25, -0.2) is 0 Å². The number of nitro benzene ring substituents is 1. The Bertz CT molecular complexity index is 620. The number of nitro groups is 1. The summed E-state index contributed by atoms with van der Waals surface area (Å²) in [5.41, 5.74) is 3.12. The van der Waals surface area contributed by atoms with Crippen molar-refractivity contribution in [2.24, 2.45) is 0 Å². The molecule has 0 unspecified atom stereocenters. The molecule has 112 valence electrons. The summed E-state index contributed by atoms with van der Waals surface area (Å²) >= 11 is 0. The molecule has 5 nitrogen and oxygen atoms in total. The molecule has 0 spiro atoms. The standard InChI is InChI=1S/C16H21N3O2/c1-3-8-18-9-7-14(12-18)10-17-11-15-5-4-6-16(13(15)2)19(20)21/h4-7,9,12,17H,3,8,10-11H2,1-2H3. The van der Waals surface area contributed by atoms with Gasteiger partial charge < -0.3 is 9.88 Å². The van der Waals surface area contributed by atoms with E-state index in [1.807, 2.05) is 6.07 Å². The van der Waals surface area contributed by atoms with E-state index in [2.05, 4.69) is 35.3 Å². The maximum Gasteiger partial charge on any atom is 0.272 e. The Morgan fingerprint density at radius 3 is 2.81 bits per heavy atom. The smallest absolute Gasteiger partial charge is 0.272 e. The summed E-state index contributed by atoms with van der Waals surface area (Å²) in [6.07, 6.45) is 5.34. The summed E-state index contributed by atoms with van der Waals surface area (Å²) < 4.78 is 2.18. The second kappa shape index (κ2) is 7.04. The van der Waals surface area contributed by atoms with E-state index in [0.717, 1.165) is 30.6 Å². The first-order chi connectivity index (χ1) is 10.1. The molecule has 21 heavy (non-hydrogen) atoms. The molecule has 0 atom stereocenters. The van der Waals surface area contributed by atoms with Crippen LogP contribution in [0.15, 0.2) is 36.7 Å². The Kier molecular flexibility index (Phi) is 5.11. The summed E-state index contributed by atoms with van der Waals surface area (Å²) in [7, 11) is 0. The fourth-order valence-electron chi connectivity index (χ4n) is 2.39. The average Bonchev–Trinajstić information content (AvgIpc) is 2.88. The van der Waals surface area contributed by atoms with Crippen LogP contribution in [0.25, 0.3) is 0 Å².